The number of benzene rings is 2. The summed E-state index contributed by atoms with van der Waals surface area (Å²) in [7, 11) is 0. The van der Waals surface area contributed by atoms with E-state index in [9.17, 15) is 9.59 Å². The van der Waals surface area contributed by atoms with E-state index in [1.807, 2.05) is 12.1 Å². The van der Waals surface area contributed by atoms with E-state index in [1.54, 1.807) is 25.1 Å². The van der Waals surface area contributed by atoms with Gasteiger partial charge in [-0.1, -0.05) is 11.6 Å². The lowest BCUT2D eigenvalue weighted by Crippen LogP contribution is -2.36. The van der Waals surface area contributed by atoms with Crippen molar-refractivity contribution in [1.29, 1.82) is 0 Å². The van der Waals surface area contributed by atoms with Gasteiger partial charge in [0.2, 0.25) is 0 Å². The van der Waals surface area contributed by atoms with Gasteiger partial charge in [0.05, 0.1) is 30.4 Å². The average Bonchev–Trinajstić information content (AvgIpc) is 2.69. The minimum atomic E-state index is -0.487. The molecule has 1 heterocycles. The predicted molar refractivity (Wildman–Crippen MR) is 105 cm³/mol. The number of amides is 1. The molecule has 0 atom stereocenters. The van der Waals surface area contributed by atoms with Crippen LogP contribution >= 0.6 is 11.6 Å². The van der Waals surface area contributed by atoms with E-state index in [0.29, 0.717) is 24.5 Å². The number of hydrogen-bond acceptors (Lipinski definition) is 5. The number of nitrogens with one attached hydrogen (secondary N) is 1. The molecule has 2 aromatic rings. The monoisotopic (exact) mass is 388 g/mol. The second-order valence-corrected chi connectivity index (χ2v) is 6.42. The van der Waals surface area contributed by atoms with Gasteiger partial charge in [-0.15, -0.1) is 0 Å². The highest BCUT2D eigenvalue weighted by molar-refractivity contribution is 6.34. The highest BCUT2D eigenvalue weighted by Crippen LogP contribution is 2.23. The summed E-state index contributed by atoms with van der Waals surface area (Å²) in [5.74, 6) is -0.734. The van der Waals surface area contributed by atoms with Gasteiger partial charge in [-0.2, -0.15) is 0 Å². The molecule has 1 amide bonds. The lowest BCUT2D eigenvalue weighted by atomic mass is 10.1. The third-order valence-electron chi connectivity index (χ3n) is 4.23. The zero-order valence-corrected chi connectivity index (χ0v) is 15.8. The summed E-state index contributed by atoms with van der Waals surface area (Å²) < 4.78 is 10.3. The standard InChI is InChI=1S/C20H21ClN2O4/c1-2-27-20(25)17-8-5-15(13-18(17)21)22-19(24)14-3-6-16(7-4-14)23-9-11-26-12-10-23/h3-8,13H,2,9-12H2,1H3,(H,22,24). The Kier molecular flexibility index (Phi) is 6.32. The third kappa shape index (κ3) is 4.78. The van der Waals surface area contributed by atoms with Crippen LogP contribution in [0.1, 0.15) is 27.6 Å². The minimum Gasteiger partial charge on any atom is -0.462 e. The molecule has 6 nitrogen and oxygen atoms in total. The fraction of sp³-hybridized carbons (Fsp3) is 0.300. The molecule has 1 N–H and O–H groups in total. The van der Waals surface area contributed by atoms with Crippen LogP contribution in [0, 0.1) is 0 Å². The van der Waals surface area contributed by atoms with Crippen LogP contribution in [-0.2, 0) is 9.47 Å². The number of hydrogen-bond donors (Lipinski definition) is 1. The van der Waals surface area contributed by atoms with Crippen LogP contribution in [0.4, 0.5) is 11.4 Å². The maximum absolute atomic E-state index is 12.5. The normalized spacial score (nSPS) is 13.9. The largest absolute Gasteiger partial charge is 0.462 e. The Labute approximate surface area is 163 Å². The SMILES string of the molecule is CCOC(=O)c1ccc(NC(=O)c2ccc(N3CCOCC3)cc2)cc1Cl. The summed E-state index contributed by atoms with van der Waals surface area (Å²) in [4.78, 5) is 26.5. The molecule has 0 radical (unpaired) electrons. The fourth-order valence-electron chi connectivity index (χ4n) is 2.82. The number of ether oxygens (including phenoxy) is 2. The topological polar surface area (TPSA) is 67.9 Å². The molecule has 142 valence electrons. The van der Waals surface area contributed by atoms with Gasteiger partial charge in [0.25, 0.3) is 5.91 Å². The first-order chi connectivity index (χ1) is 13.1. The van der Waals surface area contributed by atoms with Crippen LogP contribution < -0.4 is 10.2 Å². The van der Waals surface area contributed by atoms with Crippen molar-refractivity contribution in [2.75, 3.05) is 43.1 Å². The van der Waals surface area contributed by atoms with E-state index < -0.39 is 5.97 Å². The van der Waals surface area contributed by atoms with Crippen molar-refractivity contribution in [3.63, 3.8) is 0 Å². The molecule has 0 spiro atoms. The molecule has 1 aliphatic rings. The first-order valence-corrected chi connectivity index (χ1v) is 9.17. The predicted octanol–water partition coefficient (Wildman–Crippen LogP) is 3.61. The molecule has 0 saturated carbocycles. The van der Waals surface area contributed by atoms with Crippen molar-refractivity contribution >= 4 is 34.9 Å². The molecule has 0 aliphatic carbocycles. The Bertz CT molecular complexity index is 817. The van der Waals surface area contributed by atoms with Crippen LogP contribution in [-0.4, -0.2) is 44.8 Å². The van der Waals surface area contributed by atoms with Crippen LogP contribution in [0.15, 0.2) is 42.5 Å². The lowest BCUT2D eigenvalue weighted by molar-refractivity contribution is 0.0526. The van der Waals surface area contributed by atoms with Crippen molar-refractivity contribution in [2.24, 2.45) is 0 Å². The van der Waals surface area contributed by atoms with Gasteiger partial charge in [0, 0.05) is 30.0 Å². The number of carbonyl (C=O) groups excluding carboxylic acids is 2. The summed E-state index contributed by atoms with van der Waals surface area (Å²) in [6.07, 6.45) is 0. The second-order valence-electron chi connectivity index (χ2n) is 6.02. The van der Waals surface area contributed by atoms with Gasteiger partial charge in [-0.3, -0.25) is 4.79 Å². The summed E-state index contributed by atoms with van der Waals surface area (Å²) in [5.41, 5.74) is 2.39. The Morgan fingerprint density at radius 3 is 2.48 bits per heavy atom. The maximum Gasteiger partial charge on any atom is 0.339 e. The number of anilines is 2. The summed E-state index contributed by atoms with van der Waals surface area (Å²) in [6.45, 7) is 5.11. The van der Waals surface area contributed by atoms with E-state index in [2.05, 4.69) is 10.2 Å². The number of carbonyl (C=O) groups is 2. The van der Waals surface area contributed by atoms with Gasteiger partial charge in [0.15, 0.2) is 0 Å². The van der Waals surface area contributed by atoms with E-state index in [1.165, 1.54) is 12.1 Å². The first kappa shape index (κ1) is 19.2. The van der Waals surface area contributed by atoms with Gasteiger partial charge < -0.3 is 19.7 Å². The lowest BCUT2D eigenvalue weighted by Gasteiger charge is -2.28. The van der Waals surface area contributed by atoms with Crippen LogP contribution in [0.25, 0.3) is 0 Å². The molecule has 0 aromatic heterocycles. The summed E-state index contributed by atoms with van der Waals surface area (Å²) >= 11 is 6.13. The highest BCUT2D eigenvalue weighted by atomic mass is 35.5. The fourth-order valence-corrected chi connectivity index (χ4v) is 3.07. The van der Waals surface area contributed by atoms with Crippen molar-refractivity contribution in [3.8, 4) is 0 Å². The van der Waals surface area contributed by atoms with E-state index in [4.69, 9.17) is 21.1 Å². The van der Waals surface area contributed by atoms with Gasteiger partial charge >= 0.3 is 5.97 Å². The number of esters is 1. The third-order valence-corrected chi connectivity index (χ3v) is 4.54. The number of halogens is 1. The molecular weight excluding hydrogens is 368 g/mol. The van der Waals surface area contributed by atoms with Crippen molar-refractivity contribution in [1.82, 2.24) is 0 Å². The Balaban J connectivity index is 1.66. The molecule has 0 bridgehead atoms. The van der Waals surface area contributed by atoms with E-state index in [0.717, 1.165) is 18.8 Å². The molecule has 2 aromatic carbocycles. The quantitative estimate of drug-likeness (QED) is 0.792. The number of rotatable bonds is 5. The highest BCUT2D eigenvalue weighted by Gasteiger charge is 2.14. The molecule has 0 unspecified atom stereocenters. The Morgan fingerprint density at radius 1 is 1.15 bits per heavy atom. The molecule has 7 heteroatoms. The zero-order valence-electron chi connectivity index (χ0n) is 15.0. The molecule has 1 saturated heterocycles. The smallest absolute Gasteiger partial charge is 0.339 e. The van der Waals surface area contributed by atoms with Crippen molar-refractivity contribution in [3.05, 3.63) is 58.6 Å². The first-order valence-electron chi connectivity index (χ1n) is 8.79. The molecule has 1 fully saturated rings. The average molecular weight is 389 g/mol. The van der Waals surface area contributed by atoms with Crippen molar-refractivity contribution < 1.29 is 19.1 Å². The Hall–Kier alpha value is -2.57. The summed E-state index contributed by atoms with van der Waals surface area (Å²) in [6, 6.07) is 12.1. The second kappa shape index (κ2) is 8.88. The van der Waals surface area contributed by atoms with Crippen LogP contribution in [0.5, 0.6) is 0 Å². The zero-order chi connectivity index (χ0) is 19.2. The summed E-state index contributed by atoms with van der Waals surface area (Å²) in [5, 5.41) is 3.02. The number of morpholine rings is 1. The van der Waals surface area contributed by atoms with Gasteiger partial charge in [0.1, 0.15) is 0 Å². The molecular formula is C20H21ClN2O4. The molecule has 27 heavy (non-hydrogen) atoms. The maximum atomic E-state index is 12.5. The number of nitrogens with zero attached hydrogens (tertiary/aromatic N) is 1. The molecule has 1 aliphatic heterocycles. The van der Waals surface area contributed by atoms with Crippen molar-refractivity contribution in [2.45, 2.75) is 6.92 Å². The van der Waals surface area contributed by atoms with Crippen LogP contribution in [0.2, 0.25) is 5.02 Å². The van der Waals surface area contributed by atoms with Gasteiger partial charge in [-0.25, -0.2) is 4.79 Å². The van der Waals surface area contributed by atoms with Gasteiger partial charge in [-0.05, 0) is 49.4 Å². The van der Waals surface area contributed by atoms with Crippen LogP contribution in [0.3, 0.4) is 0 Å². The Morgan fingerprint density at radius 2 is 1.85 bits per heavy atom. The van der Waals surface area contributed by atoms with E-state index >= 15 is 0 Å². The van der Waals surface area contributed by atoms with E-state index in [-0.39, 0.29) is 23.1 Å². The molecule has 3 rings (SSSR count). The minimum absolute atomic E-state index is 0.230.